The van der Waals surface area contributed by atoms with Crippen molar-refractivity contribution in [3.8, 4) is 5.69 Å². The van der Waals surface area contributed by atoms with Gasteiger partial charge in [0.15, 0.2) is 5.78 Å². The third-order valence-electron chi connectivity index (χ3n) is 5.50. The lowest BCUT2D eigenvalue weighted by atomic mass is 10.0. The number of aliphatic carboxylic acids is 1. The second kappa shape index (κ2) is 10.4. The summed E-state index contributed by atoms with van der Waals surface area (Å²) in [4.78, 5) is 36.9. The van der Waals surface area contributed by atoms with Gasteiger partial charge in [-0.1, -0.05) is 32.0 Å². The molecule has 0 spiro atoms. The summed E-state index contributed by atoms with van der Waals surface area (Å²) in [5, 5.41) is 12.4. The van der Waals surface area contributed by atoms with Crippen LogP contribution in [0, 0.1) is 18.7 Å². The SMILES string of the molecule is Cc1ccc(C(=O)c2ccc(=O)n(-c3ccc(CN[C@@H](CC(C)C)C(=O)O)cc3)c2N)c(F)c1. The molecule has 8 heteroatoms. The zero-order valence-corrected chi connectivity index (χ0v) is 19.3. The van der Waals surface area contributed by atoms with Gasteiger partial charge in [-0.05, 0) is 60.7 Å². The second-order valence-electron chi connectivity index (χ2n) is 8.69. The van der Waals surface area contributed by atoms with Crippen LogP contribution in [0.4, 0.5) is 10.2 Å². The van der Waals surface area contributed by atoms with E-state index in [1.807, 2.05) is 13.8 Å². The summed E-state index contributed by atoms with van der Waals surface area (Å²) in [7, 11) is 0. The van der Waals surface area contributed by atoms with Crippen LogP contribution in [-0.2, 0) is 11.3 Å². The summed E-state index contributed by atoms with van der Waals surface area (Å²) >= 11 is 0. The Labute approximate surface area is 197 Å². The topological polar surface area (TPSA) is 114 Å². The van der Waals surface area contributed by atoms with E-state index in [1.54, 1.807) is 37.3 Å². The summed E-state index contributed by atoms with van der Waals surface area (Å²) in [5.74, 6) is -2.04. The van der Waals surface area contributed by atoms with Crippen molar-refractivity contribution >= 4 is 17.6 Å². The van der Waals surface area contributed by atoms with Gasteiger partial charge in [-0.25, -0.2) is 4.39 Å². The number of pyridine rings is 1. The van der Waals surface area contributed by atoms with Crippen LogP contribution in [0.3, 0.4) is 0 Å². The number of nitrogens with zero attached hydrogens (tertiary/aromatic N) is 1. The molecule has 0 unspecified atom stereocenters. The maximum atomic E-state index is 14.3. The Bertz CT molecular complexity index is 1270. The molecule has 178 valence electrons. The van der Waals surface area contributed by atoms with Crippen molar-refractivity contribution in [3.05, 3.63) is 93.0 Å². The van der Waals surface area contributed by atoms with Crippen LogP contribution in [0.1, 0.15) is 47.3 Å². The number of carbonyl (C=O) groups excluding carboxylic acids is 1. The van der Waals surface area contributed by atoms with Gasteiger partial charge in [0, 0.05) is 12.6 Å². The lowest BCUT2D eigenvalue weighted by Gasteiger charge is -2.17. The summed E-state index contributed by atoms with van der Waals surface area (Å²) in [6, 6.07) is 13.0. The van der Waals surface area contributed by atoms with Gasteiger partial charge < -0.3 is 16.2 Å². The number of carboxylic acids is 1. The number of ketones is 1. The highest BCUT2D eigenvalue weighted by Crippen LogP contribution is 2.21. The maximum absolute atomic E-state index is 14.3. The highest BCUT2D eigenvalue weighted by molar-refractivity contribution is 6.11. The molecule has 1 atom stereocenters. The normalized spacial score (nSPS) is 12.0. The molecule has 0 radical (unpaired) electrons. The zero-order valence-electron chi connectivity index (χ0n) is 19.3. The fourth-order valence-corrected chi connectivity index (χ4v) is 3.71. The number of anilines is 1. The highest BCUT2D eigenvalue weighted by atomic mass is 19.1. The Morgan fingerprint density at radius 2 is 1.71 bits per heavy atom. The molecule has 7 nitrogen and oxygen atoms in total. The number of carboxylic acid groups (broad SMARTS) is 1. The van der Waals surface area contributed by atoms with Gasteiger partial charge in [-0.2, -0.15) is 0 Å². The molecule has 0 aliphatic rings. The maximum Gasteiger partial charge on any atom is 0.320 e. The van der Waals surface area contributed by atoms with Crippen LogP contribution in [0.2, 0.25) is 0 Å². The number of nitrogens with one attached hydrogen (secondary N) is 1. The first-order valence-corrected chi connectivity index (χ1v) is 11.0. The average Bonchev–Trinajstić information content (AvgIpc) is 2.77. The third-order valence-corrected chi connectivity index (χ3v) is 5.50. The van der Waals surface area contributed by atoms with Crippen LogP contribution >= 0.6 is 0 Å². The minimum absolute atomic E-state index is 0.0195. The number of nitrogen functional groups attached to an aromatic ring is 1. The van der Waals surface area contributed by atoms with E-state index in [9.17, 15) is 23.9 Å². The van der Waals surface area contributed by atoms with Crippen molar-refractivity contribution < 1.29 is 19.1 Å². The van der Waals surface area contributed by atoms with Gasteiger partial charge in [0.25, 0.3) is 5.56 Å². The number of aromatic nitrogens is 1. The molecule has 0 aliphatic carbocycles. The molecule has 0 amide bonds. The van der Waals surface area contributed by atoms with E-state index in [2.05, 4.69) is 5.32 Å². The lowest BCUT2D eigenvalue weighted by molar-refractivity contribution is -0.140. The molecule has 4 N–H and O–H groups in total. The van der Waals surface area contributed by atoms with Gasteiger partial charge in [0.1, 0.15) is 17.7 Å². The minimum atomic E-state index is -0.906. The quantitative estimate of drug-likeness (QED) is 0.415. The number of halogens is 1. The highest BCUT2D eigenvalue weighted by Gasteiger charge is 2.20. The van der Waals surface area contributed by atoms with Gasteiger partial charge in [0.2, 0.25) is 0 Å². The molecule has 34 heavy (non-hydrogen) atoms. The second-order valence-corrected chi connectivity index (χ2v) is 8.69. The summed E-state index contributed by atoms with van der Waals surface area (Å²) in [5.41, 5.74) is 7.58. The monoisotopic (exact) mass is 465 g/mol. The number of carbonyl (C=O) groups is 2. The van der Waals surface area contributed by atoms with E-state index >= 15 is 0 Å². The number of nitrogens with two attached hydrogens (primary N) is 1. The fourth-order valence-electron chi connectivity index (χ4n) is 3.71. The molecule has 0 saturated heterocycles. The van der Waals surface area contributed by atoms with E-state index in [1.165, 1.54) is 28.8 Å². The molecular weight excluding hydrogens is 437 g/mol. The van der Waals surface area contributed by atoms with Crippen molar-refractivity contribution in [2.24, 2.45) is 5.92 Å². The average molecular weight is 466 g/mol. The van der Waals surface area contributed by atoms with E-state index in [0.717, 1.165) is 5.56 Å². The van der Waals surface area contributed by atoms with Gasteiger partial charge in [0.05, 0.1) is 16.8 Å². The number of benzene rings is 2. The van der Waals surface area contributed by atoms with Crippen LogP contribution in [0.25, 0.3) is 5.69 Å². The van der Waals surface area contributed by atoms with Crippen LogP contribution in [0.5, 0.6) is 0 Å². The Hall–Kier alpha value is -3.78. The molecule has 0 bridgehead atoms. The van der Waals surface area contributed by atoms with E-state index in [4.69, 9.17) is 5.73 Å². The number of rotatable bonds is 9. The third kappa shape index (κ3) is 5.58. The standard InChI is InChI=1S/C26H28FN3O4/c1-15(2)12-22(26(33)34)29-14-17-5-7-18(8-6-17)30-23(31)11-10-20(25(30)28)24(32)19-9-4-16(3)13-21(19)27/h4-11,13,15,22,29H,12,14,28H2,1-3H3,(H,33,34)/t22-/m0/s1. The molecule has 0 aliphatic heterocycles. The number of aryl methyl sites for hydroxylation is 1. The van der Waals surface area contributed by atoms with Crippen LogP contribution < -0.4 is 16.6 Å². The summed E-state index contributed by atoms with van der Waals surface area (Å²) in [6.07, 6.45) is 0.502. The first kappa shape index (κ1) is 24.9. The van der Waals surface area contributed by atoms with Crippen molar-refractivity contribution in [3.63, 3.8) is 0 Å². The van der Waals surface area contributed by atoms with Gasteiger partial charge in [-0.15, -0.1) is 0 Å². The van der Waals surface area contributed by atoms with Crippen molar-refractivity contribution in [1.82, 2.24) is 9.88 Å². The first-order chi connectivity index (χ1) is 16.1. The van der Waals surface area contributed by atoms with E-state index in [-0.39, 0.29) is 22.9 Å². The molecule has 0 saturated carbocycles. The lowest BCUT2D eigenvalue weighted by Crippen LogP contribution is -2.37. The Kier molecular flexibility index (Phi) is 7.63. The van der Waals surface area contributed by atoms with E-state index in [0.29, 0.717) is 24.2 Å². The molecule has 0 fully saturated rings. The molecule has 2 aromatic carbocycles. The Balaban J connectivity index is 1.87. The van der Waals surface area contributed by atoms with Crippen LogP contribution in [0.15, 0.2) is 59.4 Å². The summed E-state index contributed by atoms with van der Waals surface area (Å²) < 4.78 is 15.5. The number of hydrogen-bond acceptors (Lipinski definition) is 5. The van der Waals surface area contributed by atoms with Crippen LogP contribution in [-0.4, -0.2) is 27.5 Å². The largest absolute Gasteiger partial charge is 0.480 e. The molecular formula is C26H28FN3O4. The summed E-state index contributed by atoms with van der Waals surface area (Å²) in [6.45, 7) is 5.97. The van der Waals surface area contributed by atoms with Gasteiger partial charge >= 0.3 is 5.97 Å². The first-order valence-electron chi connectivity index (χ1n) is 11.0. The zero-order chi connectivity index (χ0) is 25.0. The minimum Gasteiger partial charge on any atom is -0.480 e. The molecule has 1 aromatic heterocycles. The Morgan fingerprint density at radius 3 is 2.29 bits per heavy atom. The predicted octanol–water partition coefficient (Wildman–Crippen LogP) is 3.69. The smallest absolute Gasteiger partial charge is 0.320 e. The predicted molar refractivity (Wildman–Crippen MR) is 129 cm³/mol. The van der Waals surface area contributed by atoms with E-state index < -0.39 is 29.2 Å². The van der Waals surface area contributed by atoms with Crippen molar-refractivity contribution in [1.29, 1.82) is 0 Å². The number of hydrogen-bond donors (Lipinski definition) is 3. The Morgan fingerprint density at radius 1 is 1.06 bits per heavy atom. The molecule has 3 rings (SSSR count). The molecule has 3 aromatic rings. The van der Waals surface area contributed by atoms with Crippen molar-refractivity contribution in [2.75, 3.05) is 5.73 Å². The molecule has 1 heterocycles. The fraction of sp³-hybridized carbons (Fsp3) is 0.269. The van der Waals surface area contributed by atoms with Crippen molar-refractivity contribution in [2.45, 2.75) is 39.8 Å². The van der Waals surface area contributed by atoms with Gasteiger partial charge in [-0.3, -0.25) is 19.0 Å².